The summed E-state index contributed by atoms with van der Waals surface area (Å²) >= 11 is 0. The van der Waals surface area contributed by atoms with Gasteiger partial charge in [0.2, 0.25) is 0 Å². The van der Waals surface area contributed by atoms with Gasteiger partial charge in [-0.25, -0.2) is 8.78 Å². The predicted molar refractivity (Wildman–Crippen MR) is 94.3 cm³/mol. The van der Waals surface area contributed by atoms with Crippen LogP contribution in [0.3, 0.4) is 0 Å². The van der Waals surface area contributed by atoms with E-state index >= 15 is 0 Å². The molecule has 0 bridgehead atoms. The molecule has 0 saturated heterocycles. The number of aromatic nitrogens is 2. The highest BCUT2D eigenvalue weighted by atomic mass is 19.1. The van der Waals surface area contributed by atoms with Crippen molar-refractivity contribution in [3.63, 3.8) is 0 Å². The van der Waals surface area contributed by atoms with Gasteiger partial charge in [0.25, 0.3) is 5.91 Å². The van der Waals surface area contributed by atoms with Crippen LogP contribution in [0.1, 0.15) is 20.8 Å². The highest BCUT2D eigenvalue weighted by Crippen LogP contribution is 2.14. The molecule has 3 rings (SSSR count). The molecule has 0 aliphatic heterocycles. The fourth-order valence-corrected chi connectivity index (χ4v) is 1.95. The maximum Gasteiger partial charge on any atom is 0.275 e. The lowest BCUT2D eigenvalue weighted by Crippen LogP contribution is -2.14. The van der Waals surface area contributed by atoms with Crippen molar-refractivity contribution < 1.29 is 18.4 Å². The second-order valence-corrected chi connectivity index (χ2v) is 5.01. The largest absolute Gasteiger partial charge is 0.385 e. The molecule has 3 N–H and O–H groups in total. The third-order valence-electron chi connectivity index (χ3n) is 3.27. The predicted octanol–water partition coefficient (Wildman–Crippen LogP) is 3.48. The Hall–Kier alpha value is -3.55. The number of hydrogen-bond donors (Lipinski definition) is 3. The molecule has 0 unspecified atom stereocenters. The van der Waals surface area contributed by atoms with Crippen LogP contribution in [-0.4, -0.2) is 29.4 Å². The lowest BCUT2D eigenvalue weighted by atomic mass is 10.2. The number of rotatable bonds is 4. The van der Waals surface area contributed by atoms with E-state index in [0.29, 0.717) is 23.4 Å². The molecule has 0 radical (unpaired) electrons. The van der Waals surface area contributed by atoms with E-state index < -0.39 is 5.82 Å². The van der Waals surface area contributed by atoms with Gasteiger partial charge in [0.15, 0.2) is 6.29 Å². The molecule has 0 fully saturated rings. The van der Waals surface area contributed by atoms with Crippen LogP contribution in [0.5, 0.6) is 0 Å². The standard InChI is InChI=1S/C11H11FN4O.C7H5FO/c1-13-9-6-14-16-10(9)11(17)15-8-4-2-7(12)3-5-8;8-7-4-2-1-3-6(7)5-9/h2-6,13H,1H3,(H,14,16)(H,15,17);1-5H. The highest BCUT2D eigenvalue weighted by Gasteiger charge is 2.12. The first-order chi connectivity index (χ1) is 12.5. The third-order valence-corrected chi connectivity index (χ3v) is 3.27. The van der Waals surface area contributed by atoms with Crippen LogP contribution in [-0.2, 0) is 0 Å². The lowest BCUT2D eigenvalue weighted by Gasteiger charge is -2.05. The minimum Gasteiger partial charge on any atom is -0.385 e. The number of halogens is 2. The van der Waals surface area contributed by atoms with Crippen molar-refractivity contribution in [3.8, 4) is 0 Å². The molecule has 0 atom stereocenters. The van der Waals surface area contributed by atoms with Gasteiger partial charge >= 0.3 is 0 Å². The zero-order chi connectivity index (χ0) is 18.9. The molecule has 0 aliphatic rings. The van der Waals surface area contributed by atoms with Gasteiger partial charge in [0, 0.05) is 12.7 Å². The van der Waals surface area contributed by atoms with Crippen molar-refractivity contribution in [3.05, 3.63) is 77.6 Å². The van der Waals surface area contributed by atoms with Crippen molar-refractivity contribution >= 4 is 23.6 Å². The first kappa shape index (κ1) is 18.8. The number of amides is 1. The smallest absolute Gasteiger partial charge is 0.275 e. The first-order valence-electron chi connectivity index (χ1n) is 7.53. The number of anilines is 2. The summed E-state index contributed by atoms with van der Waals surface area (Å²) < 4.78 is 25.0. The summed E-state index contributed by atoms with van der Waals surface area (Å²) in [5.74, 6) is -1.15. The summed E-state index contributed by atoms with van der Waals surface area (Å²) in [6.07, 6.45) is 2.01. The number of nitrogens with zero attached hydrogens (tertiary/aromatic N) is 1. The molecule has 0 saturated carbocycles. The molecule has 134 valence electrons. The molecular formula is C18H16F2N4O2. The maximum atomic E-state index is 12.7. The summed E-state index contributed by atoms with van der Waals surface area (Å²) in [5, 5.41) is 11.8. The van der Waals surface area contributed by atoms with E-state index in [1.807, 2.05) is 0 Å². The Kier molecular flexibility index (Phi) is 6.55. The molecule has 1 heterocycles. The molecule has 2 aromatic carbocycles. The van der Waals surface area contributed by atoms with Crippen LogP contribution in [0.4, 0.5) is 20.2 Å². The SMILES string of the molecule is CNc1cn[nH]c1C(=O)Nc1ccc(F)cc1.O=Cc1ccccc1F. The summed E-state index contributed by atoms with van der Waals surface area (Å²) in [5.41, 5.74) is 1.56. The lowest BCUT2D eigenvalue weighted by molar-refractivity contribution is 0.102. The number of aldehydes is 1. The second-order valence-electron chi connectivity index (χ2n) is 5.01. The van der Waals surface area contributed by atoms with Gasteiger partial charge in [0.1, 0.15) is 17.3 Å². The van der Waals surface area contributed by atoms with Crippen molar-refractivity contribution in [2.24, 2.45) is 0 Å². The zero-order valence-electron chi connectivity index (χ0n) is 13.8. The normalized spacial score (nSPS) is 9.65. The molecule has 8 heteroatoms. The topological polar surface area (TPSA) is 86.9 Å². The summed E-state index contributed by atoms with van der Waals surface area (Å²) in [6.45, 7) is 0. The number of aromatic amines is 1. The second kappa shape index (κ2) is 9.07. The molecular weight excluding hydrogens is 342 g/mol. The number of nitrogens with one attached hydrogen (secondary N) is 3. The Morgan fingerprint density at radius 3 is 2.38 bits per heavy atom. The fraction of sp³-hybridized carbons (Fsp3) is 0.0556. The Morgan fingerprint density at radius 1 is 1.12 bits per heavy atom. The molecule has 3 aromatic rings. The quantitative estimate of drug-likeness (QED) is 0.623. The van der Waals surface area contributed by atoms with Gasteiger partial charge in [-0.3, -0.25) is 14.7 Å². The fourth-order valence-electron chi connectivity index (χ4n) is 1.95. The van der Waals surface area contributed by atoms with E-state index in [9.17, 15) is 18.4 Å². The molecule has 0 spiro atoms. The molecule has 26 heavy (non-hydrogen) atoms. The van der Waals surface area contributed by atoms with Crippen molar-refractivity contribution in [2.75, 3.05) is 17.7 Å². The number of H-pyrrole nitrogens is 1. The minimum absolute atomic E-state index is 0.109. The van der Waals surface area contributed by atoms with Crippen LogP contribution in [0.25, 0.3) is 0 Å². The van der Waals surface area contributed by atoms with Gasteiger partial charge in [-0.2, -0.15) is 5.10 Å². The number of hydrogen-bond acceptors (Lipinski definition) is 4. The molecule has 1 amide bonds. The van der Waals surface area contributed by atoms with Gasteiger partial charge in [0.05, 0.1) is 17.4 Å². The number of carbonyl (C=O) groups excluding carboxylic acids is 2. The first-order valence-corrected chi connectivity index (χ1v) is 7.53. The van der Waals surface area contributed by atoms with E-state index in [-0.39, 0.29) is 17.3 Å². The van der Waals surface area contributed by atoms with E-state index in [2.05, 4.69) is 20.8 Å². The van der Waals surface area contributed by atoms with Crippen LogP contribution in [0.2, 0.25) is 0 Å². The van der Waals surface area contributed by atoms with Crippen molar-refractivity contribution in [2.45, 2.75) is 0 Å². The van der Waals surface area contributed by atoms with Crippen molar-refractivity contribution in [1.29, 1.82) is 0 Å². The average molecular weight is 358 g/mol. The zero-order valence-corrected chi connectivity index (χ0v) is 13.8. The number of carbonyl (C=O) groups is 2. The highest BCUT2D eigenvalue weighted by molar-refractivity contribution is 6.06. The number of benzene rings is 2. The average Bonchev–Trinajstić information content (AvgIpc) is 3.13. The van der Waals surface area contributed by atoms with Crippen molar-refractivity contribution in [1.82, 2.24) is 10.2 Å². The molecule has 1 aromatic heterocycles. The maximum absolute atomic E-state index is 12.7. The van der Waals surface area contributed by atoms with Crippen LogP contribution in [0.15, 0.2) is 54.7 Å². The van der Waals surface area contributed by atoms with Gasteiger partial charge in [-0.1, -0.05) is 12.1 Å². The monoisotopic (exact) mass is 358 g/mol. The Labute approximate surface area is 148 Å². The van der Waals surface area contributed by atoms with E-state index in [1.54, 1.807) is 19.2 Å². The summed E-state index contributed by atoms with van der Waals surface area (Å²) in [4.78, 5) is 21.8. The van der Waals surface area contributed by atoms with Gasteiger partial charge < -0.3 is 10.6 Å². The summed E-state index contributed by atoms with van der Waals surface area (Å²) in [6, 6.07) is 11.4. The van der Waals surface area contributed by atoms with Crippen LogP contribution in [0, 0.1) is 11.6 Å². The summed E-state index contributed by atoms with van der Waals surface area (Å²) in [7, 11) is 1.69. The van der Waals surface area contributed by atoms with E-state index in [1.165, 1.54) is 42.6 Å². The Bertz CT molecular complexity index is 879. The minimum atomic E-state index is -0.465. The van der Waals surface area contributed by atoms with Gasteiger partial charge in [-0.05, 0) is 36.4 Å². The molecule has 6 nitrogen and oxygen atoms in total. The third kappa shape index (κ3) is 4.97. The van der Waals surface area contributed by atoms with Crippen LogP contribution >= 0.6 is 0 Å². The van der Waals surface area contributed by atoms with Crippen LogP contribution < -0.4 is 10.6 Å². The van der Waals surface area contributed by atoms with Gasteiger partial charge in [-0.15, -0.1) is 0 Å². The Morgan fingerprint density at radius 2 is 1.81 bits per heavy atom. The Balaban J connectivity index is 0.000000228. The molecule has 0 aliphatic carbocycles. The van der Waals surface area contributed by atoms with E-state index in [0.717, 1.165) is 0 Å². The van der Waals surface area contributed by atoms with E-state index in [4.69, 9.17) is 0 Å².